The summed E-state index contributed by atoms with van der Waals surface area (Å²) in [6.45, 7) is 1.87. The number of nitro benzene ring substituents is 1. The van der Waals surface area contributed by atoms with Crippen molar-refractivity contribution in [2.24, 2.45) is 5.10 Å². The average molecular weight is 416 g/mol. The number of hydrogen-bond donors (Lipinski definition) is 0. The van der Waals surface area contributed by atoms with Crippen LogP contribution in [0.5, 0.6) is 5.75 Å². The summed E-state index contributed by atoms with van der Waals surface area (Å²) in [5.74, 6) is 1.83. The van der Waals surface area contributed by atoms with Crippen LogP contribution in [0.2, 0.25) is 5.02 Å². The second-order valence-electron chi connectivity index (χ2n) is 6.01. The van der Waals surface area contributed by atoms with Gasteiger partial charge in [-0.15, -0.1) is 10.2 Å². The van der Waals surface area contributed by atoms with E-state index in [1.54, 1.807) is 41.1 Å². The quantitative estimate of drug-likeness (QED) is 0.454. The molecule has 0 radical (unpaired) electrons. The van der Waals surface area contributed by atoms with Gasteiger partial charge in [0.2, 0.25) is 5.16 Å². The molecule has 2 aromatic carbocycles. The lowest BCUT2D eigenvalue weighted by Crippen LogP contribution is -2.17. The fourth-order valence-corrected chi connectivity index (χ4v) is 3.65. The van der Waals surface area contributed by atoms with Crippen LogP contribution in [0.3, 0.4) is 0 Å². The molecule has 4 rings (SSSR count). The summed E-state index contributed by atoms with van der Waals surface area (Å²) in [6, 6.07) is 13.4. The second-order valence-corrected chi connectivity index (χ2v) is 7.38. The van der Waals surface area contributed by atoms with Crippen molar-refractivity contribution in [3.05, 3.63) is 75.1 Å². The van der Waals surface area contributed by atoms with E-state index < -0.39 is 4.92 Å². The molecule has 0 spiro atoms. The Balaban J connectivity index is 1.60. The first kappa shape index (κ1) is 18.5. The predicted molar refractivity (Wildman–Crippen MR) is 106 cm³/mol. The Bertz CT molecular complexity index is 1050. The zero-order valence-corrected chi connectivity index (χ0v) is 16.2. The number of non-ortho nitro benzene ring substituents is 1. The van der Waals surface area contributed by atoms with E-state index in [0.717, 1.165) is 11.3 Å². The summed E-state index contributed by atoms with van der Waals surface area (Å²) in [7, 11) is 0. The summed E-state index contributed by atoms with van der Waals surface area (Å²) in [5.41, 5.74) is 1.64. The number of thioether (sulfide) groups is 1. The zero-order chi connectivity index (χ0) is 19.7. The van der Waals surface area contributed by atoms with Crippen molar-refractivity contribution in [1.29, 1.82) is 0 Å². The molecular weight excluding hydrogens is 402 g/mol. The van der Waals surface area contributed by atoms with E-state index in [9.17, 15) is 10.1 Å². The maximum absolute atomic E-state index is 10.8. The third-order valence-corrected chi connectivity index (χ3v) is 5.28. The topological polar surface area (TPSA) is 95.4 Å². The predicted octanol–water partition coefficient (Wildman–Crippen LogP) is 4.34. The normalized spacial score (nSPS) is 14.1. The monoisotopic (exact) mass is 415 g/mol. The van der Waals surface area contributed by atoms with E-state index in [2.05, 4.69) is 15.3 Å². The van der Waals surface area contributed by atoms with Gasteiger partial charge in [0.05, 0.1) is 10.6 Å². The zero-order valence-electron chi connectivity index (χ0n) is 14.7. The van der Waals surface area contributed by atoms with E-state index in [4.69, 9.17) is 16.3 Å². The summed E-state index contributed by atoms with van der Waals surface area (Å²) < 4.78 is 7.59. The maximum atomic E-state index is 10.8. The third-order valence-electron chi connectivity index (χ3n) is 4.10. The lowest BCUT2D eigenvalue weighted by molar-refractivity contribution is -0.384. The van der Waals surface area contributed by atoms with E-state index in [1.807, 2.05) is 6.92 Å². The molecule has 28 heavy (non-hydrogen) atoms. The van der Waals surface area contributed by atoms with Crippen LogP contribution in [0.25, 0.3) is 0 Å². The van der Waals surface area contributed by atoms with Crippen LogP contribution >= 0.6 is 23.4 Å². The number of benzene rings is 2. The Hall–Kier alpha value is -2.91. The lowest BCUT2D eigenvalue weighted by atomic mass is 10.1. The van der Waals surface area contributed by atoms with Crippen LogP contribution in [0.1, 0.15) is 24.4 Å². The van der Waals surface area contributed by atoms with Gasteiger partial charge in [0.25, 0.3) is 5.69 Å². The van der Waals surface area contributed by atoms with Crippen molar-refractivity contribution >= 4 is 34.8 Å². The van der Waals surface area contributed by atoms with Crippen molar-refractivity contribution in [2.75, 3.05) is 5.75 Å². The molecule has 1 aliphatic rings. The van der Waals surface area contributed by atoms with Crippen molar-refractivity contribution in [3.8, 4) is 5.75 Å². The van der Waals surface area contributed by atoms with E-state index in [0.29, 0.717) is 27.5 Å². The van der Waals surface area contributed by atoms with Gasteiger partial charge < -0.3 is 4.74 Å². The number of aromatic nitrogens is 3. The summed E-state index contributed by atoms with van der Waals surface area (Å²) in [5, 5.41) is 25.2. The minimum Gasteiger partial charge on any atom is -0.483 e. The number of nitrogens with zero attached hydrogens (tertiary/aromatic N) is 5. The molecule has 1 aliphatic heterocycles. The standard InChI is InChI=1S/C18H14ClN5O3S/c1-11(27-15-8-4-13(19)5-9-15)17-20-21-18-23(17)22-16(10-28-18)12-2-6-14(7-3-12)24(25)26/h2-9,11H,10H2,1H3/t11-/m1/s1. The SMILES string of the molecule is C[C@@H](Oc1ccc(Cl)cc1)c1nnc2n1N=C(c1ccc([N+](=O)[O-])cc1)CS2. The Labute approximate surface area is 169 Å². The van der Waals surface area contributed by atoms with Crippen LogP contribution in [-0.4, -0.2) is 31.3 Å². The molecule has 0 amide bonds. The summed E-state index contributed by atoms with van der Waals surface area (Å²) >= 11 is 7.40. The largest absolute Gasteiger partial charge is 0.483 e. The highest BCUT2D eigenvalue weighted by molar-refractivity contribution is 7.99. The molecular formula is C18H14ClN5O3S. The highest BCUT2D eigenvalue weighted by Gasteiger charge is 2.24. The Morgan fingerprint density at radius 1 is 1.18 bits per heavy atom. The molecule has 0 saturated heterocycles. The first-order valence-corrected chi connectivity index (χ1v) is 9.70. The van der Waals surface area contributed by atoms with Crippen LogP contribution < -0.4 is 4.74 Å². The van der Waals surface area contributed by atoms with Gasteiger partial charge in [-0.3, -0.25) is 10.1 Å². The number of rotatable bonds is 5. The molecule has 0 N–H and O–H groups in total. The van der Waals surface area contributed by atoms with Gasteiger partial charge in [0, 0.05) is 22.9 Å². The van der Waals surface area contributed by atoms with Gasteiger partial charge in [-0.05, 0) is 48.9 Å². The molecule has 0 aliphatic carbocycles. The van der Waals surface area contributed by atoms with Crippen molar-refractivity contribution in [2.45, 2.75) is 18.2 Å². The highest BCUT2D eigenvalue weighted by Crippen LogP contribution is 2.29. The van der Waals surface area contributed by atoms with Crippen LogP contribution in [0.15, 0.2) is 58.8 Å². The Kier molecular flexibility index (Phi) is 5.01. The molecule has 3 aromatic rings. The van der Waals surface area contributed by atoms with Gasteiger partial charge in [-0.2, -0.15) is 9.78 Å². The first-order valence-electron chi connectivity index (χ1n) is 8.34. The fraction of sp³-hybridized carbons (Fsp3) is 0.167. The smallest absolute Gasteiger partial charge is 0.269 e. The molecule has 1 aromatic heterocycles. The van der Waals surface area contributed by atoms with Gasteiger partial charge in [-0.25, -0.2) is 0 Å². The highest BCUT2D eigenvalue weighted by atomic mass is 35.5. The Morgan fingerprint density at radius 2 is 1.89 bits per heavy atom. The van der Waals surface area contributed by atoms with Crippen molar-refractivity contribution in [3.63, 3.8) is 0 Å². The minimum absolute atomic E-state index is 0.0449. The van der Waals surface area contributed by atoms with Gasteiger partial charge in [-0.1, -0.05) is 23.4 Å². The van der Waals surface area contributed by atoms with Crippen molar-refractivity contribution in [1.82, 2.24) is 14.9 Å². The average Bonchev–Trinajstić information content (AvgIpc) is 3.13. The Morgan fingerprint density at radius 3 is 2.57 bits per heavy atom. The first-order chi connectivity index (χ1) is 13.5. The summed E-state index contributed by atoms with van der Waals surface area (Å²) in [6.07, 6.45) is -0.386. The molecule has 0 fully saturated rings. The fourth-order valence-electron chi connectivity index (χ4n) is 2.68. The second kappa shape index (κ2) is 7.61. The van der Waals surface area contributed by atoms with Crippen LogP contribution in [0, 0.1) is 10.1 Å². The maximum Gasteiger partial charge on any atom is 0.269 e. The summed E-state index contributed by atoms with van der Waals surface area (Å²) in [4.78, 5) is 10.4. The van der Waals surface area contributed by atoms with Gasteiger partial charge in [0.1, 0.15) is 5.75 Å². The molecule has 0 bridgehead atoms. The molecule has 10 heteroatoms. The minimum atomic E-state index is -0.424. The molecule has 8 nitrogen and oxygen atoms in total. The third kappa shape index (κ3) is 3.71. The number of hydrogen-bond acceptors (Lipinski definition) is 7. The van der Waals surface area contributed by atoms with E-state index in [1.165, 1.54) is 23.9 Å². The van der Waals surface area contributed by atoms with Crippen LogP contribution in [0.4, 0.5) is 5.69 Å². The number of fused-ring (bicyclic) bond motifs is 1. The molecule has 142 valence electrons. The van der Waals surface area contributed by atoms with E-state index >= 15 is 0 Å². The lowest BCUT2D eigenvalue weighted by Gasteiger charge is -2.17. The van der Waals surface area contributed by atoms with E-state index in [-0.39, 0.29) is 11.8 Å². The number of ether oxygens (including phenoxy) is 1. The molecule has 0 saturated carbocycles. The van der Waals surface area contributed by atoms with Crippen LogP contribution in [-0.2, 0) is 0 Å². The molecule has 0 unspecified atom stereocenters. The molecule has 1 atom stereocenters. The van der Waals surface area contributed by atoms with Crippen molar-refractivity contribution < 1.29 is 9.66 Å². The molecule has 2 heterocycles. The number of nitro groups is 1. The van der Waals surface area contributed by atoms with Gasteiger partial charge in [0.15, 0.2) is 11.9 Å². The number of halogens is 1. The van der Waals surface area contributed by atoms with Gasteiger partial charge >= 0.3 is 0 Å².